The molecule has 2 aromatic rings. The van der Waals surface area contributed by atoms with Crippen LogP contribution in [0.15, 0.2) is 53.5 Å². The highest BCUT2D eigenvalue weighted by molar-refractivity contribution is 14.0. The van der Waals surface area contributed by atoms with Crippen LogP contribution in [0.4, 0.5) is 0 Å². The second kappa shape index (κ2) is 12.7. The number of aliphatic imine (C=N–C) groups is 1. The quantitative estimate of drug-likeness (QED) is 0.311. The first-order valence-electron chi connectivity index (χ1n) is 9.69. The zero-order chi connectivity index (χ0) is 20.4. The van der Waals surface area contributed by atoms with Gasteiger partial charge in [-0.25, -0.2) is 0 Å². The topological polar surface area (TPSA) is 54.9 Å². The summed E-state index contributed by atoms with van der Waals surface area (Å²) in [5.41, 5.74) is 3.41. The first-order chi connectivity index (χ1) is 13.4. The highest BCUT2D eigenvalue weighted by Gasteiger charge is 2.10. The van der Waals surface area contributed by atoms with E-state index >= 15 is 0 Å². The molecule has 2 rings (SSSR count). The molecule has 0 aliphatic carbocycles. The van der Waals surface area contributed by atoms with Crippen molar-refractivity contribution in [3.05, 3.63) is 65.2 Å². The third-order valence-corrected chi connectivity index (χ3v) is 4.23. The summed E-state index contributed by atoms with van der Waals surface area (Å²) in [5, 5.41) is 6.72. The van der Waals surface area contributed by atoms with E-state index in [4.69, 9.17) is 9.47 Å². The molecule has 0 saturated heterocycles. The van der Waals surface area contributed by atoms with Crippen molar-refractivity contribution in [2.75, 3.05) is 20.7 Å². The number of benzene rings is 2. The number of hydrogen-bond acceptors (Lipinski definition) is 3. The van der Waals surface area contributed by atoms with Gasteiger partial charge in [0.1, 0.15) is 5.75 Å². The van der Waals surface area contributed by atoms with Crippen molar-refractivity contribution in [3.8, 4) is 5.75 Å². The van der Waals surface area contributed by atoms with Gasteiger partial charge >= 0.3 is 0 Å². The molecular formula is C23H34IN3O2. The van der Waals surface area contributed by atoms with E-state index < -0.39 is 0 Å². The first kappa shape index (κ1) is 25.2. The SMILES string of the molecule is CN=C(NCCc1ccccc1OC)NCc1cccc(COC(C)(C)C)c1.I. The average molecular weight is 511 g/mol. The van der Waals surface area contributed by atoms with Crippen LogP contribution in [-0.4, -0.2) is 32.3 Å². The molecule has 6 heteroatoms. The Bertz CT molecular complexity index is 773. The van der Waals surface area contributed by atoms with Gasteiger partial charge in [-0.15, -0.1) is 24.0 Å². The molecule has 0 bridgehead atoms. The van der Waals surface area contributed by atoms with Gasteiger partial charge < -0.3 is 20.1 Å². The van der Waals surface area contributed by atoms with Gasteiger partial charge in [-0.1, -0.05) is 42.5 Å². The molecule has 2 aromatic carbocycles. The second-order valence-corrected chi connectivity index (χ2v) is 7.64. The summed E-state index contributed by atoms with van der Waals surface area (Å²) in [7, 11) is 3.49. The van der Waals surface area contributed by atoms with Crippen molar-refractivity contribution in [1.82, 2.24) is 10.6 Å². The Morgan fingerprint density at radius 2 is 1.72 bits per heavy atom. The zero-order valence-corrected chi connectivity index (χ0v) is 20.4. The summed E-state index contributed by atoms with van der Waals surface area (Å²) in [6.45, 7) is 8.30. The maximum atomic E-state index is 5.86. The van der Waals surface area contributed by atoms with Crippen LogP contribution in [-0.2, 0) is 24.3 Å². The number of rotatable bonds is 8. The van der Waals surface area contributed by atoms with Crippen LogP contribution in [0.2, 0.25) is 0 Å². The third kappa shape index (κ3) is 9.49. The van der Waals surface area contributed by atoms with E-state index in [0.717, 1.165) is 24.7 Å². The number of ether oxygens (including phenoxy) is 2. The van der Waals surface area contributed by atoms with Gasteiger partial charge in [-0.2, -0.15) is 0 Å². The summed E-state index contributed by atoms with van der Waals surface area (Å²) >= 11 is 0. The fraction of sp³-hybridized carbons (Fsp3) is 0.435. The molecule has 0 aromatic heterocycles. The molecule has 5 nitrogen and oxygen atoms in total. The number of hydrogen-bond donors (Lipinski definition) is 2. The van der Waals surface area contributed by atoms with Crippen molar-refractivity contribution < 1.29 is 9.47 Å². The highest BCUT2D eigenvalue weighted by Crippen LogP contribution is 2.17. The minimum absolute atomic E-state index is 0. The van der Waals surface area contributed by atoms with Crippen LogP contribution in [0.5, 0.6) is 5.75 Å². The Morgan fingerprint density at radius 1 is 1.00 bits per heavy atom. The molecule has 0 aliphatic heterocycles. The average Bonchev–Trinajstić information content (AvgIpc) is 2.69. The van der Waals surface area contributed by atoms with Crippen molar-refractivity contribution in [3.63, 3.8) is 0 Å². The van der Waals surface area contributed by atoms with Crippen LogP contribution in [0.3, 0.4) is 0 Å². The van der Waals surface area contributed by atoms with E-state index in [9.17, 15) is 0 Å². The Labute approximate surface area is 192 Å². The van der Waals surface area contributed by atoms with E-state index in [1.165, 1.54) is 16.7 Å². The normalized spacial score (nSPS) is 11.6. The maximum Gasteiger partial charge on any atom is 0.191 e. The molecule has 0 heterocycles. The molecule has 29 heavy (non-hydrogen) atoms. The second-order valence-electron chi connectivity index (χ2n) is 7.64. The lowest BCUT2D eigenvalue weighted by atomic mass is 10.1. The monoisotopic (exact) mass is 511 g/mol. The molecule has 160 valence electrons. The molecule has 0 spiro atoms. The molecular weight excluding hydrogens is 477 g/mol. The molecule has 2 N–H and O–H groups in total. The van der Waals surface area contributed by atoms with Gasteiger partial charge in [0, 0.05) is 20.1 Å². The van der Waals surface area contributed by atoms with Gasteiger partial charge in [-0.3, -0.25) is 4.99 Å². The lowest BCUT2D eigenvalue weighted by Crippen LogP contribution is -2.37. The molecule has 0 fully saturated rings. The molecule has 0 amide bonds. The summed E-state index contributed by atoms with van der Waals surface area (Å²) < 4.78 is 11.3. The van der Waals surface area contributed by atoms with Gasteiger partial charge in [-0.05, 0) is 49.9 Å². The maximum absolute atomic E-state index is 5.86. The summed E-state index contributed by atoms with van der Waals surface area (Å²) in [6, 6.07) is 16.5. The van der Waals surface area contributed by atoms with Crippen LogP contribution in [0.1, 0.15) is 37.5 Å². The van der Waals surface area contributed by atoms with E-state index in [1.807, 2.05) is 18.2 Å². The molecule has 0 aliphatic rings. The van der Waals surface area contributed by atoms with E-state index in [0.29, 0.717) is 13.2 Å². The Kier molecular flexibility index (Phi) is 11.0. The Morgan fingerprint density at radius 3 is 2.41 bits per heavy atom. The minimum Gasteiger partial charge on any atom is -0.496 e. The van der Waals surface area contributed by atoms with Crippen molar-refractivity contribution >= 4 is 29.9 Å². The van der Waals surface area contributed by atoms with Crippen molar-refractivity contribution in [2.24, 2.45) is 4.99 Å². The number of nitrogens with one attached hydrogen (secondary N) is 2. The lowest BCUT2D eigenvalue weighted by Gasteiger charge is -2.19. The summed E-state index contributed by atoms with van der Waals surface area (Å²) in [4.78, 5) is 4.31. The molecule has 0 saturated carbocycles. The number of guanidine groups is 1. The molecule has 0 atom stereocenters. The van der Waals surface area contributed by atoms with Gasteiger partial charge in [0.25, 0.3) is 0 Å². The number of para-hydroxylation sites is 1. The number of halogens is 1. The lowest BCUT2D eigenvalue weighted by molar-refractivity contribution is -0.0149. The molecule has 0 radical (unpaired) electrons. The third-order valence-electron chi connectivity index (χ3n) is 4.23. The minimum atomic E-state index is -0.137. The van der Waals surface area contributed by atoms with Gasteiger partial charge in [0.2, 0.25) is 0 Å². The van der Waals surface area contributed by atoms with Gasteiger partial charge in [0.05, 0.1) is 19.3 Å². The predicted octanol–water partition coefficient (Wildman–Crippen LogP) is 4.54. The van der Waals surface area contributed by atoms with Crippen LogP contribution in [0, 0.1) is 0 Å². The van der Waals surface area contributed by atoms with Crippen molar-refractivity contribution in [2.45, 2.75) is 45.9 Å². The van der Waals surface area contributed by atoms with E-state index in [-0.39, 0.29) is 29.6 Å². The highest BCUT2D eigenvalue weighted by atomic mass is 127. The fourth-order valence-electron chi connectivity index (χ4n) is 2.76. The zero-order valence-electron chi connectivity index (χ0n) is 18.1. The summed E-state index contributed by atoms with van der Waals surface area (Å²) in [6.07, 6.45) is 0.865. The number of nitrogens with zero attached hydrogens (tertiary/aromatic N) is 1. The van der Waals surface area contributed by atoms with Crippen LogP contribution >= 0.6 is 24.0 Å². The van der Waals surface area contributed by atoms with Crippen molar-refractivity contribution in [1.29, 1.82) is 0 Å². The smallest absolute Gasteiger partial charge is 0.191 e. The fourth-order valence-corrected chi connectivity index (χ4v) is 2.76. The largest absolute Gasteiger partial charge is 0.496 e. The summed E-state index contributed by atoms with van der Waals surface area (Å²) in [5.74, 6) is 1.70. The Balaban J connectivity index is 0.00000420. The van der Waals surface area contributed by atoms with Gasteiger partial charge in [0.15, 0.2) is 5.96 Å². The van der Waals surface area contributed by atoms with E-state index in [1.54, 1.807) is 14.2 Å². The van der Waals surface area contributed by atoms with Crippen LogP contribution in [0.25, 0.3) is 0 Å². The standard InChI is InChI=1S/C23H33N3O2.HI/c1-23(2,3)28-17-19-10-8-9-18(15-19)16-26-22(24-4)25-14-13-20-11-6-7-12-21(20)27-5;/h6-12,15H,13-14,16-17H2,1-5H3,(H2,24,25,26);1H. The first-order valence-corrected chi connectivity index (χ1v) is 9.69. The number of methoxy groups -OCH3 is 1. The predicted molar refractivity (Wildman–Crippen MR) is 131 cm³/mol. The molecule has 0 unspecified atom stereocenters. The Hall–Kier alpha value is -1.80. The van der Waals surface area contributed by atoms with Crippen LogP contribution < -0.4 is 15.4 Å². The van der Waals surface area contributed by atoms with E-state index in [2.05, 4.69) is 66.7 Å².